The van der Waals surface area contributed by atoms with Gasteiger partial charge in [-0.05, 0) is 50.5 Å². The van der Waals surface area contributed by atoms with Crippen LogP contribution < -0.4 is 10.6 Å². The number of aryl methyl sites for hydroxylation is 1. The molecule has 0 aliphatic carbocycles. The van der Waals surface area contributed by atoms with E-state index in [1.807, 2.05) is 45.0 Å². The summed E-state index contributed by atoms with van der Waals surface area (Å²) in [5.41, 5.74) is 4.40. The van der Waals surface area contributed by atoms with E-state index < -0.39 is 5.41 Å². The Bertz CT molecular complexity index is 1230. The van der Waals surface area contributed by atoms with Gasteiger partial charge in [0, 0.05) is 34.5 Å². The summed E-state index contributed by atoms with van der Waals surface area (Å²) >= 11 is 0. The minimum atomic E-state index is -0.704. The summed E-state index contributed by atoms with van der Waals surface area (Å²) in [4.78, 5) is 17.5. The number of halogens is 1. The molecule has 2 atom stereocenters. The molecule has 2 aromatic rings. The molecule has 3 aliphatic heterocycles. The van der Waals surface area contributed by atoms with Crippen LogP contribution in [0.15, 0.2) is 69.8 Å². The molecule has 1 aromatic heterocycles. The van der Waals surface area contributed by atoms with Gasteiger partial charge in [0.2, 0.25) is 0 Å². The van der Waals surface area contributed by atoms with Gasteiger partial charge in [-0.2, -0.15) is 10.2 Å². The van der Waals surface area contributed by atoms with Crippen LogP contribution in [0, 0.1) is 12.7 Å². The van der Waals surface area contributed by atoms with Gasteiger partial charge in [0.05, 0.1) is 23.4 Å². The minimum absolute atomic E-state index is 0.0896. The standard InChI is InChI=1S/C25H26FN5O/c1-5-25(16-8-6-7-15(10-16)17-9-14(2)27-13-19(17)26)18-12-28-31-22(18)29-20-11-24(3,4)30-23(32)21(20)25/h6-10,12-13,22,29H,5,11H2,1-4H3,(H,30,32)/t22?,25-/m0/s1. The van der Waals surface area contributed by atoms with Crippen molar-refractivity contribution in [2.75, 3.05) is 0 Å². The van der Waals surface area contributed by atoms with E-state index in [2.05, 4.69) is 32.8 Å². The van der Waals surface area contributed by atoms with Crippen LogP contribution >= 0.6 is 0 Å². The van der Waals surface area contributed by atoms with Crippen molar-refractivity contribution in [1.29, 1.82) is 0 Å². The highest BCUT2D eigenvalue weighted by atomic mass is 19.1. The van der Waals surface area contributed by atoms with E-state index in [9.17, 15) is 9.18 Å². The van der Waals surface area contributed by atoms with Gasteiger partial charge in [0.15, 0.2) is 6.17 Å². The third-order valence-corrected chi connectivity index (χ3v) is 6.69. The molecule has 0 saturated heterocycles. The molecule has 32 heavy (non-hydrogen) atoms. The summed E-state index contributed by atoms with van der Waals surface area (Å²) in [6.45, 7) is 7.94. The molecule has 7 heteroatoms. The molecular weight excluding hydrogens is 405 g/mol. The van der Waals surface area contributed by atoms with Crippen LogP contribution in [-0.2, 0) is 10.2 Å². The summed E-state index contributed by atoms with van der Waals surface area (Å²) in [6.07, 6.45) is 4.03. The fraction of sp³-hybridized carbons (Fsp3) is 0.360. The first-order valence-electron chi connectivity index (χ1n) is 10.9. The molecule has 164 valence electrons. The van der Waals surface area contributed by atoms with Crippen molar-refractivity contribution < 1.29 is 9.18 Å². The number of carbonyl (C=O) groups excluding carboxylic acids is 1. The first-order valence-corrected chi connectivity index (χ1v) is 10.9. The van der Waals surface area contributed by atoms with Crippen LogP contribution in [0.25, 0.3) is 11.1 Å². The normalized spacial score (nSPS) is 25.6. The SMILES string of the molecule is CC[C@]1(c2cccc(-c3cc(C)ncc3F)c2)C2=CN=NC2NC2=C1C(=O)NC(C)(C)C2. The van der Waals surface area contributed by atoms with Crippen LogP contribution in [0.1, 0.15) is 44.9 Å². The Labute approximate surface area is 186 Å². The van der Waals surface area contributed by atoms with E-state index in [1.54, 1.807) is 12.3 Å². The van der Waals surface area contributed by atoms with Gasteiger partial charge in [-0.25, -0.2) is 4.39 Å². The smallest absolute Gasteiger partial charge is 0.250 e. The van der Waals surface area contributed by atoms with E-state index in [0.717, 1.165) is 28.1 Å². The van der Waals surface area contributed by atoms with Gasteiger partial charge in [0.25, 0.3) is 5.91 Å². The molecule has 0 spiro atoms. The van der Waals surface area contributed by atoms with Crippen molar-refractivity contribution in [3.8, 4) is 11.1 Å². The van der Waals surface area contributed by atoms with Crippen molar-refractivity contribution in [1.82, 2.24) is 15.6 Å². The summed E-state index contributed by atoms with van der Waals surface area (Å²) in [5.74, 6) is -0.461. The van der Waals surface area contributed by atoms with E-state index in [4.69, 9.17) is 0 Å². The lowest BCUT2D eigenvalue weighted by molar-refractivity contribution is -0.120. The Hall–Kier alpha value is -3.35. The molecule has 0 saturated carbocycles. The molecule has 6 nitrogen and oxygen atoms in total. The highest BCUT2D eigenvalue weighted by Gasteiger charge is 2.53. The zero-order chi connectivity index (χ0) is 22.7. The van der Waals surface area contributed by atoms with Crippen molar-refractivity contribution in [3.05, 3.63) is 76.6 Å². The number of nitrogens with zero attached hydrogens (tertiary/aromatic N) is 3. The van der Waals surface area contributed by atoms with Gasteiger partial charge < -0.3 is 10.6 Å². The summed E-state index contributed by atoms with van der Waals surface area (Å²) in [6, 6.07) is 9.56. The van der Waals surface area contributed by atoms with Crippen molar-refractivity contribution in [3.63, 3.8) is 0 Å². The molecule has 0 radical (unpaired) electrons. The Balaban J connectivity index is 1.74. The second kappa shape index (κ2) is 7.08. The zero-order valence-electron chi connectivity index (χ0n) is 18.7. The Morgan fingerprint density at radius 1 is 1.25 bits per heavy atom. The lowest BCUT2D eigenvalue weighted by atomic mass is 9.62. The number of carbonyl (C=O) groups is 1. The van der Waals surface area contributed by atoms with Crippen LogP contribution in [0.3, 0.4) is 0 Å². The van der Waals surface area contributed by atoms with Crippen LogP contribution in [0.4, 0.5) is 4.39 Å². The van der Waals surface area contributed by atoms with Gasteiger partial charge in [-0.3, -0.25) is 9.78 Å². The topological polar surface area (TPSA) is 78.7 Å². The first-order chi connectivity index (χ1) is 15.2. The minimum Gasteiger partial charge on any atom is -0.362 e. The van der Waals surface area contributed by atoms with Gasteiger partial charge in [-0.15, -0.1) is 0 Å². The molecule has 3 aliphatic rings. The van der Waals surface area contributed by atoms with Crippen LogP contribution in [-0.4, -0.2) is 22.6 Å². The quantitative estimate of drug-likeness (QED) is 0.741. The van der Waals surface area contributed by atoms with Crippen LogP contribution in [0.5, 0.6) is 0 Å². The highest BCUT2D eigenvalue weighted by Crippen LogP contribution is 2.51. The Morgan fingerprint density at radius 3 is 2.84 bits per heavy atom. The van der Waals surface area contributed by atoms with Gasteiger partial charge >= 0.3 is 0 Å². The first kappa shape index (κ1) is 20.5. The van der Waals surface area contributed by atoms with E-state index in [0.29, 0.717) is 24.0 Å². The number of hydrogen-bond acceptors (Lipinski definition) is 5. The zero-order valence-corrected chi connectivity index (χ0v) is 18.7. The van der Waals surface area contributed by atoms with Crippen molar-refractivity contribution in [2.24, 2.45) is 10.2 Å². The fourth-order valence-corrected chi connectivity index (χ4v) is 5.32. The Kier molecular flexibility index (Phi) is 4.55. The molecule has 2 N–H and O–H groups in total. The molecule has 1 unspecified atom stereocenters. The van der Waals surface area contributed by atoms with Crippen LogP contribution in [0.2, 0.25) is 0 Å². The number of azo groups is 1. The monoisotopic (exact) mass is 431 g/mol. The predicted octanol–water partition coefficient (Wildman–Crippen LogP) is 4.68. The van der Waals surface area contributed by atoms with Crippen molar-refractivity contribution in [2.45, 2.75) is 57.7 Å². The van der Waals surface area contributed by atoms with Gasteiger partial charge in [0.1, 0.15) is 5.82 Å². The lowest BCUT2D eigenvalue weighted by Crippen LogP contribution is -2.58. The second-order valence-corrected chi connectivity index (χ2v) is 9.38. The number of aromatic nitrogens is 1. The summed E-state index contributed by atoms with van der Waals surface area (Å²) in [7, 11) is 0. The average Bonchev–Trinajstić information content (AvgIpc) is 3.22. The third-order valence-electron chi connectivity index (χ3n) is 6.69. The predicted molar refractivity (Wildman–Crippen MR) is 120 cm³/mol. The molecule has 0 bridgehead atoms. The fourth-order valence-electron chi connectivity index (χ4n) is 5.32. The maximum Gasteiger partial charge on any atom is 0.250 e. The Morgan fingerprint density at radius 2 is 2.06 bits per heavy atom. The number of hydrogen-bond donors (Lipinski definition) is 2. The highest BCUT2D eigenvalue weighted by molar-refractivity contribution is 6.00. The number of benzene rings is 1. The molecule has 1 aromatic carbocycles. The number of amides is 1. The third kappa shape index (κ3) is 2.98. The summed E-state index contributed by atoms with van der Waals surface area (Å²) in [5, 5.41) is 15.2. The lowest BCUT2D eigenvalue weighted by Gasteiger charge is -2.48. The molecular formula is C25H26FN5O. The number of fused-ring (bicyclic) bond motifs is 1. The molecule has 1 amide bonds. The maximum absolute atomic E-state index is 14.7. The van der Waals surface area contributed by atoms with E-state index in [1.165, 1.54) is 6.20 Å². The van der Waals surface area contributed by atoms with Gasteiger partial charge in [-0.1, -0.05) is 25.1 Å². The molecule has 0 fully saturated rings. The molecule has 5 rings (SSSR count). The number of pyridine rings is 1. The average molecular weight is 432 g/mol. The van der Waals surface area contributed by atoms with Crippen molar-refractivity contribution >= 4 is 5.91 Å². The number of nitrogens with one attached hydrogen (secondary N) is 2. The molecule has 4 heterocycles. The van der Waals surface area contributed by atoms with E-state index >= 15 is 0 Å². The summed E-state index contributed by atoms with van der Waals surface area (Å²) < 4.78 is 14.7. The number of rotatable bonds is 3. The second-order valence-electron chi connectivity index (χ2n) is 9.38. The maximum atomic E-state index is 14.7. The largest absolute Gasteiger partial charge is 0.362 e. The van der Waals surface area contributed by atoms with E-state index in [-0.39, 0.29) is 23.4 Å².